The maximum absolute atomic E-state index is 12.3. The minimum Gasteiger partial charge on any atom is -0.346 e. The Kier molecular flexibility index (Phi) is 3.65. The van der Waals surface area contributed by atoms with Gasteiger partial charge in [0.25, 0.3) is 0 Å². The summed E-state index contributed by atoms with van der Waals surface area (Å²) in [5, 5.41) is 0. The first kappa shape index (κ1) is 12.7. The number of aryl methyl sites for hydroxylation is 1. The number of benzene rings is 1. The molecule has 2 nitrogen and oxygen atoms in total. The summed E-state index contributed by atoms with van der Waals surface area (Å²) in [4.78, 5) is 0.150. The lowest BCUT2D eigenvalue weighted by molar-refractivity contribution is -0.0448. The largest absolute Gasteiger partial charge is 0.446 e. The predicted molar refractivity (Wildman–Crippen MR) is 57.7 cm³/mol. The third-order valence-corrected chi connectivity index (χ3v) is 3.08. The topological polar surface area (TPSA) is 18.5 Å². The first-order chi connectivity index (χ1) is 7.96. The van der Waals surface area contributed by atoms with Crippen molar-refractivity contribution in [3.8, 4) is 0 Å². The SMILES string of the molecule is Cc1ccc(SC(F)(F)F)cc1C1OCCO1. The van der Waals surface area contributed by atoms with Gasteiger partial charge in [0.2, 0.25) is 0 Å². The van der Waals surface area contributed by atoms with E-state index in [1.54, 1.807) is 6.07 Å². The number of thioether (sulfide) groups is 1. The maximum Gasteiger partial charge on any atom is 0.446 e. The molecule has 1 aromatic carbocycles. The van der Waals surface area contributed by atoms with Crippen LogP contribution in [0.25, 0.3) is 0 Å². The lowest BCUT2D eigenvalue weighted by atomic mass is 10.1. The summed E-state index contributed by atoms with van der Waals surface area (Å²) >= 11 is -0.129. The molecule has 0 amide bonds. The number of hydrogen-bond donors (Lipinski definition) is 0. The monoisotopic (exact) mass is 264 g/mol. The molecule has 1 aromatic rings. The summed E-state index contributed by atoms with van der Waals surface area (Å²) in [6, 6.07) is 4.57. The zero-order valence-electron chi connectivity index (χ0n) is 9.08. The minimum atomic E-state index is -4.27. The molecule has 0 unspecified atom stereocenters. The number of halogens is 3. The quantitative estimate of drug-likeness (QED) is 0.760. The molecule has 0 saturated carbocycles. The van der Waals surface area contributed by atoms with E-state index in [0.717, 1.165) is 5.56 Å². The Bertz CT molecular complexity index is 400. The van der Waals surface area contributed by atoms with Crippen LogP contribution in [0.15, 0.2) is 23.1 Å². The molecule has 0 N–H and O–H groups in total. The molecule has 1 fully saturated rings. The van der Waals surface area contributed by atoms with Gasteiger partial charge in [0.1, 0.15) is 0 Å². The Balaban J connectivity index is 2.22. The van der Waals surface area contributed by atoms with Crippen molar-refractivity contribution in [1.82, 2.24) is 0 Å². The van der Waals surface area contributed by atoms with E-state index in [1.165, 1.54) is 12.1 Å². The lowest BCUT2D eigenvalue weighted by Gasteiger charge is -2.14. The average Bonchev–Trinajstić information content (AvgIpc) is 2.72. The summed E-state index contributed by atoms with van der Waals surface area (Å²) in [7, 11) is 0. The molecule has 17 heavy (non-hydrogen) atoms. The fourth-order valence-corrected chi connectivity index (χ4v) is 2.20. The van der Waals surface area contributed by atoms with Crippen LogP contribution in [-0.2, 0) is 9.47 Å². The minimum absolute atomic E-state index is 0.129. The van der Waals surface area contributed by atoms with Crippen molar-refractivity contribution in [2.75, 3.05) is 13.2 Å². The van der Waals surface area contributed by atoms with Crippen LogP contribution in [0.3, 0.4) is 0 Å². The highest BCUT2D eigenvalue weighted by atomic mass is 32.2. The second kappa shape index (κ2) is 4.88. The summed E-state index contributed by atoms with van der Waals surface area (Å²) in [5.74, 6) is 0. The highest BCUT2D eigenvalue weighted by Gasteiger charge is 2.30. The smallest absolute Gasteiger partial charge is 0.346 e. The second-order valence-corrected chi connectivity index (χ2v) is 4.78. The molecule has 0 radical (unpaired) electrons. The maximum atomic E-state index is 12.3. The first-order valence-corrected chi connectivity index (χ1v) is 5.87. The molecule has 1 aliphatic rings. The van der Waals surface area contributed by atoms with E-state index in [4.69, 9.17) is 9.47 Å². The Morgan fingerprint density at radius 2 is 1.88 bits per heavy atom. The molecule has 94 valence electrons. The van der Waals surface area contributed by atoms with Gasteiger partial charge in [0, 0.05) is 10.5 Å². The molecule has 0 bridgehead atoms. The van der Waals surface area contributed by atoms with Gasteiger partial charge in [0.15, 0.2) is 6.29 Å². The fraction of sp³-hybridized carbons (Fsp3) is 0.455. The normalized spacial score (nSPS) is 17.6. The van der Waals surface area contributed by atoms with Gasteiger partial charge in [-0.2, -0.15) is 13.2 Å². The van der Waals surface area contributed by atoms with Crippen LogP contribution in [0.2, 0.25) is 0 Å². The van der Waals surface area contributed by atoms with Gasteiger partial charge in [-0.05, 0) is 36.4 Å². The first-order valence-electron chi connectivity index (χ1n) is 5.05. The second-order valence-electron chi connectivity index (χ2n) is 3.64. The van der Waals surface area contributed by atoms with E-state index in [2.05, 4.69) is 0 Å². The fourth-order valence-electron chi connectivity index (χ4n) is 1.61. The van der Waals surface area contributed by atoms with Crippen molar-refractivity contribution in [3.63, 3.8) is 0 Å². The average molecular weight is 264 g/mol. The van der Waals surface area contributed by atoms with Gasteiger partial charge < -0.3 is 9.47 Å². The van der Waals surface area contributed by atoms with E-state index < -0.39 is 11.8 Å². The van der Waals surface area contributed by atoms with Gasteiger partial charge in [-0.15, -0.1) is 0 Å². The zero-order valence-corrected chi connectivity index (χ0v) is 9.90. The summed E-state index contributed by atoms with van der Waals surface area (Å²) in [5.41, 5.74) is -2.75. The van der Waals surface area contributed by atoms with Crippen LogP contribution in [0, 0.1) is 6.92 Å². The van der Waals surface area contributed by atoms with Gasteiger partial charge in [-0.1, -0.05) is 6.07 Å². The van der Waals surface area contributed by atoms with Gasteiger partial charge in [-0.25, -0.2) is 0 Å². The highest BCUT2D eigenvalue weighted by molar-refractivity contribution is 8.00. The van der Waals surface area contributed by atoms with Gasteiger partial charge in [-0.3, -0.25) is 0 Å². The molecule has 1 heterocycles. The van der Waals surface area contributed by atoms with Gasteiger partial charge >= 0.3 is 5.51 Å². The van der Waals surface area contributed by atoms with Gasteiger partial charge in [0.05, 0.1) is 13.2 Å². The summed E-state index contributed by atoms with van der Waals surface area (Å²) in [6.07, 6.45) is -0.538. The van der Waals surface area contributed by atoms with Crippen LogP contribution in [0.1, 0.15) is 17.4 Å². The van der Waals surface area contributed by atoms with Crippen LogP contribution >= 0.6 is 11.8 Å². The van der Waals surface area contributed by atoms with E-state index in [-0.39, 0.29) is 16.7 Å². The Labute approximate surface area is 101 Å². The van der Waals surface area contributed by atoms with Crippen molar-refractivity contribution in [1.29, 1.82) is 0 Å². The van der Waals surface area contributed by atoms with Crippen LogP contribution in [0.5, 0.6) is 0 Å². The number of rotatable bonds is 2. The lowest BCUT2D eigenvalue weighted by Crippen LogP contribution is -2.03. The molecule has 1 saturated heterocycles. The molecule has 0 atom stereocenters. The molecule has 0 aromatic heterocycles. The van der Waals surface area contributed by atoms with E-state index in [0.29, 0.717) is 18.8 Å². The molecular weight excluding hydrogens is 253 g/mol. The molecule has 1 aliphatic heterocycles. The Morgan fingerprint density at radius 1 is 1.24 bits per heavy atom. The third kappa shape index (κ3) is 3.37. The summed E-state index contributed by atoms with van der Waals surface area (Å²) in [6.45, 7) is 2.77. The van der Waals surface area contributed by atoms with Crippen molar-refractivity contribution >= 4 is 11.8 Å². The third-order valence-electron chi connectivity index (χ3n) is 2.36. The number of hydrogen-bond acceptors (Lipinski definition) is 3. The van der Waals surface area contributed by atoms with Crippen molar-refractivity contribution < 1.29 is 22.6 Å². The van der Waals surface area contributed by atoms with E-state index >= 15 is 0 Å². The van der Waals surface area contributed by atoms with Crippen molar-refractivity contribution in [2.45, 2.75) is 23.6 Å². The molecule has 0 spiro atoms. The zero-order chi connectivity index (χ0) is 12.5. The van der Waals surface area contributed by atoms with Crippen LogP contribution in [-0.4, -0.2) is 18.7 Å². The standard InChI is InChI=1S/C11H11F3O2S/c1-7-2-3-8(17-11(12,13)14)6-9(7)10-15-4-5-16-10/h2-3,6,10H,4-5H2,1H3. The summed E-state index contributed by atoms with van der Waals surface area (Å²) < 4.78 is 47.3. The Morgan fingerprint density at radius 3 is 2.47 bits per heavy atom. The van der Waals surface area contributed by atoms with E-state index in [9.17, 15) is 13.2 Å². The molecule has 0 aliphatic carbocycles. The highest BCUT2D eigenvalue weighted by Crippen LogP contribution is 2.38. The molecule has 2 rings (SSSR count). The number of ether oxygens (including phenoxy) is 2. The van der Waals surface area contributed by atoms with E-state index in [1.807, 2.05) is 6.92 Å². The van der Waals surface area contributed by atoms with Crippen molar-refractivity contribution in [2.24, 2.45) is 0 Å². The van der Waals surface area contributed by atoms with Crippen LogP contribution < -0.4 is 0 Å². The van der Waals surface area contributed by atoms with Crippen molar-refractivity contribution in [3.05, 3.63) is 29.3 Å². The molecule has 6 heteroatoms. The van der Waals surface area contributed by atoms with Crippen LogP contribution in [0.4, 0.5) is 13.2 Å². The molecular formula is C11H11F3O2S. The number of alkyl halides is 3. The predicted octanol–water partition coefficient (Wildman–Crippen LogP) is 3.65. The Hall–Kier alpha value is -0.720.